The van der Waals surface area contributed by atoms with Crippen molar-refractivity contribution in [3.05, 3.63) is 121 Å². The van der Waals surface area contributed by atoms with E-state index in [0.717, 1.165) is 60.9 Å². The van der Waals surface area contributed by atoms with Crippen molar-refractivity contribution in [3.8, 4) is 22.5 Å². The third kappa shape index (κ3) is 5.80. The Hall–Kier alpha value is -5.68. The maximum atomic E-state index is 14.2. The molecule has 1 aliphatic rings. The highest BCUT2D eigenvalue weighted by Gasteiger charge is 2.20. The Labute approximate surface area is 257 Å². The molecule has 0 radical (unpaired) electrons. The largest absolute Gasteiger partial charge is 0.378 e. The zero-order chi connectivity index (χ0) is 30.8. The Bertz CT molecular complexity index is 1990. The van der Waals surface area contributed by atoms with Gasteiger partial charge in [-0.2, -0.15) is 5.10 Å². The highest BCUT2D eigenvalue weighted by Crippen LogP contribution is 2.35. The summed E-state index contributed by atoms with van der Waals surface area (Å²) in [6.45, 7) is 3.16. The van der Waals surface area contributed by atoms with Gasteiger partial charge in [-0.1, -0.05) is 24.3 Å². The van der Waals surface area contributed by atoms with E-state index in [-0.39, 0.29) is 0 Å². The summed E-state index contributed by atoms with van der Waals surface area (Å²) in [6, 6.07) is 25.9. The fourth-order valence-corrected chi connectivity index (χ4v) is 5.37. The molecule has 1 saturated heterocycles. The maximum absolute atomic E-state index is 14.2. The van der Waals surface area contributed by atoms with Gasteiger partial charge in [-0.15, -0.1) is 0 Å². The molecule has 7 rings (SSSR count). The summed E-state index contributed by atoms with van der Waals surface area (Å²) in [5.74, 6) is -2.34. The van der Waals surface area contributed by atoms with Crippen molar-refractivity contribution >= 4 is 34.4 Å². The van der Waals surface area contributed by atoms with Crippen molar-refractivity contribution in [2.45, 2.75) is 0 Å². The Balaban J connectivity index is 1.20. The van der Waals surface area contributed by atoms with E-state index in [1.54, 1.807) is 28.9 Å². The van der Waals surface area contributed by atoms with Gasteiger partial charge >= 0.3 is 0 Å². The smallest absolute Gasteiger partial charge is 0.261 e. The number of ether oxygens (including phenoxy) is 1. The van der Waals surface area contributed by atoms with Crippen LogP contribution in [0.2, 0.25) is 0 Å². The molecule has 0 unspecified atom stereocenters. The molecule has 0 spiro atoms. The number of morpholine rings is 1. The standard InChI is InChI=1S/C34H27F2N7O2/c35-26-7-4-8-27(36)30(26)33(44)38-24-6-3-5-22(21-24)32-31(29-9-1-2-16-43(29)41-32)28-14-15-37-34(40-28)39-23-10-12-25(13-11-23)42-17-19-45-20-18-42/h1-16,21H,17-20H2,(H,38,44)(H,37,39,40). The van der Waals surface area contributed by atoms with Gasteiger partial charge in [0.2, 0.25) is 5.95 Å². The monoisotopic (exact) mass is 603 g/mol. The minimum atomic E-state index is -0.937. The Morgan fingerprint density at radius 3 is 2.42 bits per heavy atom. The summed E-state index contributed by atoms with van der Waals surface area (Å²) in [4.78, 5) is 24.3. The number of carbonyl (C=O) groups excluding carboxylic acids is 1. The summed E-state index contributed by atoms with van der Waals surface area (Å²) in [7, 11) is 0. The fraction of sp³-hybridized carbons (Fsp3) is 0.118. The molecule has 0 aliphatic carbocycles. The zero-order valence-electron chi connectivity index (χ0n) is 24.0. The van der Waals surface area contributed by atoms with Gasteiger partial charge in [0.15, 0.2) is 0 Å². The molecule has 4 heterocycles. The number of nitrogens with zero attached hydrogens (tertiary/aromatic N) is 5. The number of pyridine rings is 1. The lowest BCUT2D eigenvalue weighted by molar-refractivity contribution is 0.101. The van der Waals surface area contributed by atoms with E-state index in [1.165, 1.54) is 6.07 Å². The van der Waals surface area contributed by atoms with Crippen LogP contribution in [0.3, 0.4) is 0 Å². The summed E-state index contributed by atoms with van der Waals surface area (Å²) in [6.07, 6.45) is 3.52. The van der Waals surface area contributed by atoms with Crippen LogP contribution in [0, 0.1) is 11.6 Å². The number of nitrogens with one attached hydrogen (secondary N) is 2. The van der Waals surface area contributed by atoms with E-state index in [0.29, 0.717) is 28.6 Å². The summed E-state index contributed by atoms with van der Waals surface area (Å²) >= 11 is 0. The molecule has 1 aliphatic heterocycles. The Kier molecular flexibility index (Phi) is 7.58. The van der Waals surface area contributed by atoms with Crippen molar-refractivity contribution in [1.29, 1.82) is 0 Å². The molecular formula is C34H27F2N7O2. The zero-order valence-corrected chi connectivity index (χ0v) is 24.0. The molecule has 3 aromatic carbocycles. The van der Waals surface area contributed by atoms with Gasteiger partial charge in [-0.25, -0.2) is 23.3 Å². The van der Waals surface area contributed by atoms with Crippen LogP contribution in [0.15, 0.2) is 103 Å². The first-order valence-corrected chi connectivity index (χ1v) is 14.4. The number of hydrogen-bond acceptors (Lipinski definition) is 7. The summed E-state index contributed by atoms with van der Waals surface area (Å²) in [5, 5.41) is 10.7. The van der Waals surface area contributed by atoms with E-state index >= 15 is 0 Å². The number of aromatic nitrogens is 4. The molecule has 11 heteroatoms. The first-order chi connectivity index (χ1) is 22.0. The quantitative estimate of drug-likeness (QED) is 0.213. The number of fused-ring (bicyclic) bond motifs is 1. The van der Waals surface area contributed by atoms with Crippen LogP contribution in [0.4, 0.5) is 31.8 Å². The SMILES string of the molecule is O=C(Nc1cccc(-c2nn3ccccc3c2-c2ccnc(Nc3ccc(N4CCOCC4)cc3)n2)c1)c1c(F)cccc1F. The molecule has 45 heavy (non-hydrogen) atoms. The van der Waals surface area contributed by atoms with Crippen molar-refractivity contribution in [2.24, 2.45) is 0 Å². The number of hydrogen-bond donors (Lipinski definition) is 2. The molecule has 6 aromatic rings. The number of rotatable bonds is 7. The van der Waals surface area contributed by atoms with Crippen molar-refractivity contribution in [3.63, 3.8) is 0 Å². The third-order valence-corrected chi connectivity index (χ3v) is 7.54. The van der Waals surface area contributed by atoms with Crippen LogP contribution >= 0.6 is 0 Å². The predicted molar refractivity (Wildman–Crippen MR) is 169 cm³/mol. The van der Waals surface area contributed by atoms with Crippen LogP contribution in [-0.2, 0) is 4.74 Å². The maximum Gasteiger partial charge on any atom is 0.261 e. The van der Waals surface area contributed by atoms with Crippen molar-refractivity contribution in [1.82, 2.24) is 19.6 Å². The molecule has 2 N–H and O–H groups in total. The minimum Gasteiger partial charge on any atom is -0.378 e. The van der Waals surface area contributed by atoms with E-state index in [9.17, 15) is 13.6 Å². The number of anilines is 4. The molecule has 0 atom stereocenters. The topological polar surface area (TPSA) is 96.7 Å². The van der Waals surface area contributed by atoms with Crippen LogP contribution in [0.1, 0.15) is 10.4 Å². The predicted octanol–water partition coefficient (Wildman–Crippen LogP) is 6.57. The van der Waals surface area contributed by atoms with E-state index in [2.05, 4.69) is 32.7 Å². The lowest BCUT2D eigenvalue weighted by Gasteiger charge is -2.28. The normalized spacial score (nSPS) is 13.2. The average Bonchev–Trinajstić information content (AvgIpc) is 3.46. The van der Waals surface area contributed by atoms with E-state index in [1.807, 2.05) is 48.7 Å². The molecule has 1 fully saturated rings. The lowest BCUT2D eigenvalue weighted by atomic mass is 10.0. The molecule has 0 saturated carbocycles. The fourth-order valence-electron chi connectivity index (χ4n) is 5.37. The lowest BCUT2D eigenvalue weighted by Crippen LogP contribution is -2.36. The van der Waals surface area contributed by atoms with Gasteiger partial charge in [0.25, 0.3) is 5.91 Å². The van der Waals surface area contributed by atoms with E-state index < -0.39 is 23.1 Å². The summed E-state index contributed by atoms with van der Waals surface area (Å²) in [5.41, 5.74) is 5.17. The molecular weight excluding hydrogens is 576 g/mol. The number of amides is 1. The van der Waals surface area contributed by atoms with Gasteiger partial charge in [-0.05, 0) is 66.7 Å². The van der Waals surface area contributed by atoms with Gasteiger partial charge in [-0.3, -0.25) is 4.79 Å². The van der Waals surface area contributed by atoms with Gasteiger partial charge < -0.3 is 20.3 Å². The molecule has 224 valence electrons. The minimum absolute atomic E-state index is 0.355. The Morgan fingerprint density at radius 1 is 0.844 bits per heavy atom. The molecule has 9 nitrogen and oxygen atoms in total. The second-order valence-corrected chi connectivity index (χ2v) is 10.4. The van der Waals surface area contributed by atoms with Crippen LogP contribution < -0.4 is 15.5 Å². The number of benzene rings is 3. The molecule has 0 bridgehead atoms. The molecule has 3 aromatic heterocycles. The summed E-state index contributed by atoms with van der Waals surface area (Å²) < 4.78 is 35.7. The number of halogens is 2. The van der Waals surface area contributed by atoms with E-state index in [4.69, 9.17) is 14.8 Å². The van der Waals surface area contributed by atoms with Crippen molar-refractivity contribution < 1.29 is 18.3 Å². The van der Waals surface area contributed by atoms with Crippen LogP contribution in [-0.4, -0.2) is 51.8 Å². The van der Waals surface area contributed by atoms with Crippen molar-refractivity contribution in [2.75, 3.05) is 41.8 Å². The second-order valence-electron chi connectivity index (χ2n) is 10.4. The van der Waals surface area contributed by atoms with Crippen LogP contribution in [0.5, 0.6) is 0 Å². The first kappa shape index (κ1) is 28.1. The van der Waals surface area contributed by atoms with Crippen LogP contribution in [0.25, 0.3) is 28.0 Å². The highest BCUT2D eigenvalue weighted by molar-refractivity contribution is 6.05. The first-order valence-electron chi connectivity index (χ1n) is 14.4. The highest BCUT2D eigenvalue weighted by atomic mass is 19.1. The van der Waals surface area contributed by atoms with Gasteiger partial charge in [0, 0.05) is 48.1 Å². The van der Waals surface area contributed by atoms with Gasteiger partial charge in [0.1, 0.15) is 22.9 Å². The number of carbonyl (C=O) groups is 1. The Morgan fingerprint density at radius 2 is 1.62 bits per heavy atom. The molecule has 1 amide bonds. The average molecular weight is 604 g/mol. The van der Waals surface area contributed by atoms with Gasteiger partial charge in [0.05, 0.1) is 30.0 Å². The third-order valence-electron chi connectivity index (χ3n) is 7.54. The second kappa shape index (κ2) is 12.1.